The smallest absolute Gasteiger partial charge is 0.272 e. The Morgan fingerprint density at radius 1 is 1.30 bits per heavy atom. The number of hydrogen-bond donors (Lipinski definition) is 2. The summed E-state index contributed by atoms with van der Waals surface area (Å²) in [5.74, 6) is -0.198. The largest absolute Gasteiger partial charge is 0.348 e. The van der Waals surface area contributed by atoms with Gasteiger partial charge in [0.2, 0.25) is 0 Å². The second kappa shape index (κ2) is 6.34. The minimum absolute atomic E-state index is 0.0661. The van der Waals surface area contributed by atoms with Gasteiger partial charge in [-0.15, -0.1) is 11.3 Å². The van der Waals surface area contributed by atoms with Crippen LogP contribution >= 0.6 is 11.3 Å². The number of nitrogens with one attached hydrogen (secondary N) is 2. The SMILES string of the molecule is O=C(NC1CC1)c1cc2n(n1)CCN(C(=O)c1cn[nH]c1-c1cccs1)C2. The Kier molecular flexibility index (Phi) is 3.82. The maximum absolute atomic E-state index is 13.0. The first-order valence-electron chi connectivity index (χ1n) is 8.93. The van der Waals surface area contributed by atoms with Gasteiger partial charge >= 0.3 is 0 Å². The van der Waals surface area contributed by atoms with E-state index in [9.17, 15) is 9.59 Å². The van der Waals surface area contributed by atoms with Crippen molar-refractivity contribution in [3.05, 3.63) is 46.7 Å². The van der Waals surface area contributed by atoms with Gasteiger partial charge in [0, 0.05) is 12.6 Å². The van der Waals surface area contributed by atoms with Crippen molar-refractivity contribution in [2.24, 2.45) is 0 Å². The van der Waals surface area contributed by atoms with Gasteiger partial charge in [0.1, 0.15) is 0 Å². The third-order valence-electron chi connectivity index (χ3n) is 4.87. The zero-order chi connectivity index (χ0) is 18.4. The summed E-state index contributed by atoms with van der Waals surface area (Å²) in [4.78, 5) is 28.0. The second-order valence-corrected chi connectivity index (χ2v) is 7.80. The first-order chi connectivity index (χ1) is 13.2. The van der Waals surface area contributed by atoms with E-state index in [0.717, 1.165) is 29.1 Å². The van der Waals surface area contributed by atoms with Gasteiger partial charge in [0.25, 0.3) is 11.8 Å². The Morgan fingerprint density at radius 2 is 2.19 bits per heavy atom. The van der Waals surface area contributed by atoms with E-state index in [1.165, 1.54) is 0 Å². The number of carbonyl (C=O) groups excluding carboxylic acids is 2. The van der Waals surface area contributed by atoms with Crippen LogP contribution in [0.3, 0.4) is 0 Å². The van der Waals surface area contributed by atoms with Crippen LogP contribution < -0.4 is 5.32 Å². The highest BCUT2D eigenvalue weighted by molar-refractivity contribution is 7.13. The lowest BCUT2D eigenvalue weighted by Crippen LogP contribution is -2.38. The lowest BCUT2D eigenvalue weighted by molar-refractivity contribution is 0.0706. The molecule has 0 saturated heterocycles. The van der Waals surface area contributed by atoms with Crippen LogP contribution in [0.25, 0.3) is 10.6 Å². The normalized spacial score (nSPS) is 16.2. The van der Waals surface area contributed by atoms with E-state index in [4.69, 9.17) is 0 Å². The molecule has 3 aromatic rings. The molecule has 0 unspecified atom stereocenters. The molecule has 8 nitrogen and oxygen atoms in total. The third-order valence-corrected chi connectivity index (χ3v) is 5.75. The van der Waals surface area contributed by atoms with Gasteiger partial charge in [-0.3, -0.25) is 19.4 Å². The van der Waals surface area contributed by atoms with E-state index in [1.54, 1.807) is 28.5 Å². The number of thiophene rings is 1. The van der Waals surface area contributed by atoms with Gasteiger partial charge in [-0.1, -0.05) is 6.07 Å². The van der Waals surface area contributed by atoms with Crippen LogP contribution in [0, 0.1) is 0 Å². The van der Waals surface area contributed by atoms with E-state index in [-0.39, 0.29) is 11.8 Å². The molecule has 1 aliphatic carbocycles. The fraction of sp³-hybridized carbons (Fsp3) is 0.333. The van der Waals surface area contributed by atoms with Gasteiger partial charge in [0.15, 0.2) is 5.69 Å². The molecule has 0 bridgehead atoms. The molecule has 9 heteroatoms. The van der Waals surface area contributed by atoms with E-state index in [2.05, 4.69) is 20.6 Å². The average molecular weight is 382 g/mol. The van der Waals surface area contributed by atoms with E-state index < -0.39 is 0 Å². The number of amides is 2. The van der Waals surface area contributed by atoms with E-state index in [0.29, 0.717) is 36.9 Å². The molecule has 0 atom stereocenters. The van der Waals surface area contributed by atoms with Gasteiger partial charge in [0.05, 0.1) is 41.1 Å². The van der Waals surface area contributed by atoms with Crippen molar-refractivity contribution in [1.82, 2.24) is 30.2 Å². The molecular formula is C18H18N6O2S. The highest BCUT2D eigenvalue weighted by atomic mass is 32.1. The number of carbonyl (C=O) groups is 2. The van der Waals surface area contributed by atoms with E-state index in [1.807, 2.05) is 22.2 Å². The van der Waals surface area contributed by atoms with Crippen molar-refractivity contribution in [2.75, 3.05) is 6.54 Å². The highest BCUT2D eigenvalue weighted by Gasteiger charge is 2.29. The van der Waals surface area contributed by atoms with Crippen LogP contribution in [-0.2, 0) is 13.1 Å². The highest BCUT2D eigenvalue weighted by Crippen LogP contribution is 2.27. The van der Waals surface area contributed by atoms with Crippen molar-refractivity contribution >= 4 is 23.2 Å². The van der Waals surface area contributed by atoms with Crippen molar-refractivity contribution < 1.29 is 9.59 Å². The van der Waals surface area contributed by atoms with E-state index >= 15 is 0 Å². The van der Waals surface area contributed by atoms with Crippen LogP contribution in [0.2, 0.25) is 0 Å². The van der Waals surface area contributed by atoms with Gasteiger partial charge in [-0.05, 0) is 30.4 Å². The summed E-state index contributed by atoms with van der Waals surface area (Å²) in [6, 6.07) is 5.99. The minimum Gasteiger partial charge on any atom is -0.348 e. The standard InChI is InChI=1S/C18H18N6O2S/c25-17(20-11-3-4-11)14-8-12-10-23(5-6-24(12)22-14)18(26)13-9-19-21-16(13)15-2-1-7-27-15/h1-2,7-9,11H,3-6,10H2,(H,19,21)(H,20,25). The summed E-state index contributed by atoms with van der Waals surface area (Å²) < 4.78 is 1.82. The monoisotopic (exact) mass is 382 g/mol. The molecule has 4 heterocycles. The van der Waals surface area contributed by atoms with Gasteiger partial charge in [-0.25, -0.2) is 0 Å². The summed E-state index contributed by atoms with van der Waals surface area (Å²) in [5.41, 5.74) is 2.61. The summed E-state index contributed by atoms with van der Waals surface area (Å²) in [6.07, 6.45) is 3.66. The molecule has 3 aromatic heterocycles. The summed E-state index contributed by atoms with van der Waals surface area (Å²) in [6.45, 7) is 1.55. The molecule has 27 heavy (non-hydrogen) atoms. The number of aromatic nitrogens is 4. The van der Waals surface area contributed by atoms with Crippen LogP contribution in [0.5, 0.6) is 0 Å². The predicted octanol–water partition coefficient (Wildman–Crippen LogP) is 1.88. The lowest BCUT2D eigenvalue weighted by atomic mass is 10.1. The van der Waals surface area contributed by atoms with Crippen molar-refractivity contribution in [1.29, 1.82) is 0 Å². The molecule has 1 aliphatic heterocycles. The Bertz CT molecular complexity index is 1000. The molecular weight excluding hydrogens is 364 g/mol. The summed E-state index contributed by atoms with van der Waals surface area (Å²) in [5, 5.41) is 16.3. The molecule has 0 radical (unpaired) electrons. The topological polar surface area (TPSA) is 95.9 Å². The van der Waals surface area contributed by atoms with Gasteiger partial charge in [-0.2, -0.15) is 10.2 Å². The number of aromatic amines is 1. The molecule has 0 aromatic carbocycles. The quantitative estimate of drug-likeness (QED) is 0.720. The van der Waals surface area contributed by atoms with Crippen molar-refractivity contribution in [3.63, 3.8) is 0 Å². The fourth-order valence-corrected chi connectivity index (χ4v) is 4.00. The maximum Gasteiger partial charge on any atom is 0.272 e. The molecule has 138 valence electrons. The van der Waals surface area contributed by atoms with Crippen molar-refractivity contribution in [2.45, 2.75) is 32.0 Å². The van der Waals surface area contributed by atoms with Crippen LogP contribution in [-0.4, -0.2) is 49.3 Å². The first-order valence-corrected chi connectivity index (χ1v) is 9.81. The Balaban J connectivity index is 1.35. The Morgan fingerprint density at radius 3 is 2.96 bits per heavy atom. The average Bonchev–Trinajstić information content (AvgIpc) is 3.14. The Labute approximate surface area is 159 Å². The lowest BCUT2D eigenvalue weighted by Gasteiger charge is -2.27. The van der Waals surface area contributed by atoms with Crippen LogP contribution in [0.1, 0.15) is 39.4 Å². The number of hydrogen-bond acceptors (Lipinski definition) is 5. The second-order valence-electron chi connectivity index (χ2n) is 6.85. The zero-order valence-electron chi connectivity index (χ0n) is 14.5. The molecule has 2 N–H and O–H groups in total. The number of rotatable bonds is 4. The zero-order valence-corrected chi connectivity index (χ0v) is 15.3. The van der Waals surface area contributed by atoms with Crippen molar-refractivity contribution in [3.8, 4) is 10.6 Å². The molecule has 2 aliphatic rings. The molecule has 1 fully saturated rings. The number of H-pyrrole nitrogens is 1. The fourth-order valence-electron chi connectivity index (χ4n) is 3.26. The Hall–Kier alpha value is -2.94. The van der Waals surface area contributed by atoms with Crippen LogP contribution in [0.4, 0.5) is 0 Å². The summed E-state index contributed by atoms with van der Waals surface area (Å²) in [7, 11) is 0. The number of fused-ring (bicyclic) bond motifs is 1. The predicted molar refractivity (Wildman–Crippen MR) is 99.4 cm³/mol. The minimum atomic E-state index is -0.132. The van der Waals surface area contributed by atoms with Gasteiger partial charge < -0.3 is 10.2 Å². The molecule has 0 spiro atoms. The van der Waals surface area contributed by atoms with Crippen LogP contribution in [0.15, 0.2) is 29.8 Å². The molecule has 2 amide bonds. The third kappa shape index (κ3) is 3.03. The maximum atomic E-state index is 13.0. The molecule has 1 saturated carbocycles. The first kappa shape index (κ1) is 16.2. The number of nitrogens with zero attached hydrogens (tertiary/aromatic N) is 4. The molecule has 5 rings (SSSR count). The summed E-state index contributed by atoms with van der Waals surface area (Å²) >= 11 is 1.56.